The van der Waals surface area contributed by atoms with Crippen LogP contribution < -0.4 is 5.56 Å². The third kappa shape index (κ3) is 4.09. The number of aromatic nitrogens is 1. The summed E-state index contributed by atoms with van der Waals surface area (Å²) in [5.74, 6) is 0. The van der Waals surface area contributed by atoms with E-state index >= 15 is 0 Å². The highest BCUT2D eigenvalue weighted by molar-refractivity contribution is 9.11. The summed E-state index contributed by atoms with van der Waals surface area (Å²) in [5.41, 5.74) is -0.0294. The highest BCUT2D eigenvalue weighted by Gasteiger charge is 2.02. The Hall–Kier alpha value is -0.130. The van der Waals surface area contributed by atoms with Gasteiger partial charge in [-0.15, -0.1) is 0 Å². The Balaban J connectivity index is 2.64. The number of pyridine rings is 1. The summed E-state index contributed by atoms with van der Waals surface area (Å²) in [6.07, 6.45) is 2.76. The van der Waals surface area contributed by atoms with Gasteiger partial charge in [-0.25, -0.2) is 0 Å². The number of hydrogen-bond acceptors (Lipinski definition) is 2. The summed E-state index contributed by atoms with van der Waals surface area (Å²) in [5, 5.41) is 0. The lowest BCUT2D eigenvalue weighted by atomic mass is 10.4. The van der Waals surface area contributed by atoms with Crippen LogP contribution in [0.2, 0.25) is 0 Å². The molecule has 3 nitrogen and oxygen atoms in total. The molecule has 0 aliphatic carbocycles. The molecule has 0 bridgehead atoms. The van der Waals surface area contributed by atoms with Gasteiger partial charge in [-0.1, -0.05) is 6.92 Å². The second kappa shape index (κ2) is 6.45. The average Bonchev–Trinajstić information content (AvgIpc) is 2.19. The maximum absolute atomic E-state index is 11.6. The Kier molecular flexibility index (Phi) is 5.56. The molecule has 1 aromatic heterocycles. The van der Waals surface area contributed by atoms with Crippen LogP contribution in [0.1, 0.15) is 13.3 Å². The third-order valence-corrected chi connectivity index (χ3v) is 2.84. The fraction of sp³-hybridized carbons (Fsp3) is 0.500. The van der Waals surface area contributed by atoms with Crippen molar-refractivity contribution in [2.75, 3.05) is 13.2 Å². The minimum atomic E-state index is -0.0294. The molecule has 0 saturated heterocycles. The topological polar surface area (TPSA) is 31.2 Å². The molecule has 0 spiro atoms. The zero-order valence-electron chi connectivity index (χ0n) is 8.50. The van der Waals surface area contributed by atoms with Crippen LogP contribution in [0.15, 0.2) is 26.0 Å². The quantitative estimate of drug-likeness (QED) is 0.773. The largest absolute Gasteiger partial charge is 0.380 e. The molecule has 1 rings (SSSR count). The zero-order chi connectivity index (χ0) is 11.3. The van der Waals surface area contributed by atoms with Crippen molar-refractivity contribution < 1.29 is 4.74 Å². The van der Waals surface area contributed by atoms with Crippen molar-refractivity contribution in [1.82, 2.24) is 4.57 Å². The lowest BCUT2D eigenvalue weighted by Gasteiger charge is -2.07. The summed E-state index contributed by atoms with van der Waals surface area (Å²) in [7, 11) is 0. The SMILES string of the molecule is CCCOCCn1cc(Br)cc(Br)c1=O. The summed E-state index contributed by atoms with van der Waals surface area (Å²) >= 11 is 6.55. The minimum Gasteiger partial charge on any atom is -0.380 e. The average molecular weight is 339 g/mol. The van der Waals surface area contributed by atoms with E-state index in [1.165, 1.54) is 0 Å². The van der Waals surface area contributed by atoms with Crippen molar-refractivity contribution in [2.45, 2.75) is 19.9 Å². The van der Waals surface area contributed by atoms with E-state index in [1.54, 1.807) is 16.8 Å². The number of hydrogen-bond donors (Lipinski definition) is 0. The molecule has 0 atom stereocenters. The van der Waals surface area contributed by atoms with E-state index in [0.717, 1.165) is 17.5 Å². The van der Waals surface area contributed by atoms with Crippen LogP contribution >= 0.6 is 31.9 Å². The maximum atomic E-state index is 11.6. The van der Waals surface area contributed by atoms with Crippen molar-refractivity contribution in [1.29, 1.82) is 0 Å². The van der Waals surface area contributed by atoms with Gasteiger partial charge >= 0.3 is 0 Å². The lowest BCUT2D eigenvalue weighted by Crippen LogP contribution is -2.22. The molecule has 0 aliphatic rings. The molecule has 84 valence electrons. The van der Waals surface area contributed by atoms with Gasteiger partial charge in [-0.2, -0.15) is 0 Å². The van der Waals surface area contributed by atoms with Crippen molar-refractivity contribution in [3.63, 3.8) is 0 Å². The van der Waals surface area contributed by atoms with E-state index in [0.29, 0.717) is 17.6 Å². The van der Waals surface area contributed by atoms with E-state index in [-0.39, 0.29) is 5.56 Å². The van der Waals surface area contributed by atoms with Gasteiger partial charge in [0.15, 0.2) is 0 Å². The predicted octanol–water partition coefficient (Wildman–Crippen LogP) is 2.80. The maximum Gasteiger partial charge on any atom is 0.264 e. The zero-order valence-corrected chi connectivity index (χ0v) is 11.7. The first kappa shape index (κ1) is 12.9. The van der Waals surface area contributed by atoms with Gasteiger partial charge in [0.2, 0.25) is 0 Å². The Bertz CT molecular complexity index is 376. The van der Waals surface area contributed by atoms with Gasteiger partial charge in [-0.05, 0) is 44.3 Å². The fourth-order valence-electron chi connectivity index (χ4n) is 1.14. The Labute approximate surface area is 106 Å². The van der Waals surface area contributed by atoms with Crippen LogP contribution in [-0.4, -0.2) is 17.8 Å². The Morgan fingerprint density at radius 3 is 2.80 bits per heavy atom. The lowest BCUT2D eigenvalue weighted by molar-refractivity contribution is 0.126. The molecular formula is C10H13Br2NO2. The van der Waals surface area contributed by atoms with Crippen molar-refractivity contribution >= 4 is 31.9 Å². The smallest absolute Gasteiger partial charge is 0.264 e. The molecule has 0 unspecified atom stereocenters. The summed E-state index contributed by atoms with van der Waals surface area (Å²) < 4.78 is 8.40. The van der Waals surface area contributed by atoms with Crippen LogP contribution in [0, 0.1) is 0 Å². The van der Waals surface area contributed by atoms with Crippen LogP contribution in [0.3, 0.4) is 0 Å². The summed E-state index contributed by atoms with van der Waals surface area (Å²) in [4.78, 5) is 11.6. The van der Waals surface area contributed by atoms with Crippen molar-refractivity contribution in [3.8, 4) is 0 Å². The second-order valence-electron chi connectivity index (χ2n) is 3.12. The van der Waals surface area contributed by atoms with E-state index in [2.05, 4.69) is 38.8 Å². The molecule has 0 aliphatic heterocycles. The summed E-state index contributed by atoms with van der Waals surface area (Å²) in [6.45, 7) is 3.94. The molecular weight excluding hydrogens is 326 g/mol. The van der Waals surface area contributed by atoms with E-state index in [1.807, 2.05) is 0 Å². The van der Waals surface area contributed by atoms with E-state index in [9.17, 15) is 4.79 Å². The molecule has 0 N–H and O–H groups in total. The van der Waals surface area contributed by atoms with Crippen molar-refractivity contribution in [3.05, 3.63) is 31.6 Å². The highest BCUT2D eigenvalue weighted by Crippen LogP contribution is 2.12. The van der Waals surface area contributed by atoms with Gasteiger partial charge < -0.3 is 9.30 Å². The molecule has 1 aromatic rings. The van der Waals surface area contributed by atoms with Crippen LogP contribution in [-0.2, 0) is 11.3 Å². The first-order valence-corrected chi connectivity index (χ1v) is 6.37. The van der Waals surface area contributed by atoms with E-state index < -0.39 is 0 Å². The van der Waals surface area contributed by atoms with Crippen LogP contribution in [0.4, 0.5) is 0 Å². The first-order chi connectivity index (χ1) is 7.15. The van der Waals surface area contributed by atoms with Gasteiger partial charge in [0.05, 0.1) is 11.1 Å². The van der Waals surface area contributed by atoms with Gasteiger partial charge in [0.1, 0.15) is 0 Å². The standard InChI is InChI=1S/C10H13Br2NO2/c1-2-4-15-5-3-13-7-8(11)6-9(12)10(13)14/h6-7H,2-5H2,1H3. The monoisotopic (exact) mass is 337 g/mol. The van der Waals surface area contributed by atoms with Crippen LogP contribution in [0.25, 0.3) is 0 Å². The number of rotatable bonds is 5. The molecule has 0 saturated carbocycles. The molecule has 0 aromatic carbocycles. The summed E-state index contributed by atoms with van der Waals surface area (Å²) in [6, 6.07) is 1.74. The second-order valence-corrected chi connectivity index (χ2v) is 4.89. The number of ether oxygens (including phenoxy) is 1. The van der Waals surface area contributed by atoms with Gasteiger partial charge in [0, 0.05) is 23.8 Å². The molecule has 1 heterocycles. The molecule has 0 fully saturated rings. The molecule has 15 heavy (non-hydrogen) atoms. The molecule has 0 amide bonds. The van der Waals surface area contributed by atoms with Crippen LogP contribution in [0.5, 0.6) is 0 Å². The predicted molar refractivity (Wildman–Crippen MR) is 67.2 cm³/mol. The Morgan fingerprint density at radius 1 is 1.40 bits per heavy atom. The minimum absolute atomic E-state index is 0.0294. The van der Waals surface area contributed by atoms with Crippen molar-refractivity contribution in [2.24, 2.45) is 0 Å². The molecule has 5 heteroatoms. The first-order valence-electron chi connectivity index (χ1n) is 4.78. The number of nitrogens with zero attached hydrogens (tertiary/aromatic N) is 1. The third-order valence-electron chi connectivity index (χ3n) is 1.83. The van der Waals surface area contributed by atoms with Gasteiger partial charge in [0.25, 0.3) is 5.56 Å². The van der Waals surface area contributed by atoms with E-state index in [4.69, 9.17) is 4.74 Å². The normalized spacial score (nSPS) is 10.6. The Morgan fingerprint density at radius 2 is 2.13 bits per heavy atom. The highest BCUT2D eigenvalue weighted by atomic mass is 79.9. The fourth-order valence-corrected chi connectivity index (χ4v) is 2.40. The van der Waals surface area contributed by atoms with Gasteiger partial charge in [-0.3, -0.25) is 4.79 Å². The molecule has 0 radical (unpaired) electrons. The number of halogens is 2.